The van der Waals surface area contributed by atoms with E-state index < -0.39 is 17.9 Å². The number of H-pyrrole nitrogens is 1. The van der Waals surface area contributed by atoms with Gasteiger partial charge in [0.1, 0.15) is 6.04 Å². The number of amides is 1. The normalized spacial score (nSPS) is 16.8. The van der Waals surface area contributed by atoms with Gasteiger partial charge in [0.05, 0.1) is 23.2 Å². The maximum absolute atomic E-state index is 14.2. The molecule has 154 valence electrons. The number of aromatic amines is 1. The number of hydrogen-bond donors (Lipinski definition) is 1. The van der Waals surface area contributed by atoms with E-state index in [2.05, 4.69) is 25.3 Å². The lowest BCUT2D eigenvalue weighted by molar-refractivity contribution is 0.0642. The van der Waals surface area contributed by atoms with E-state index >= 15 is 0 Å². The predicted molar refractivity (Wildman–Crippen MR) is 103 cm³/mol. The molecule has 0 unspecified atom stereocenters. The van der Waals surface area contributed by atoms with Crippen molar-refractivity contribution in [2.24, 2.45) is 0 Å². The largest absolute Gasteiger partial charge is 0.416 e. The topological polar surface area (TPSA) is 105 Å². The molecule has 4 aromatic heterocycles. The van der Waals surface area contributed by atoms with Gasteiger partial charge in [0.15, 0.2) is 0 Å². The van der Waals surface area contributed by atoms with Crippen LogP contribution in [0.3, 0.4) is 0 Å². The van der Waals surface area contributed by atoms with Crippen LogP contribution in [0.1, 0.15) is 60.5 Å². The third-order valence-corrected chi connectivity index (χ3v) is 5.17. The van der Waals surface area contributed by atoms with Crippen molar-refractivity contribution in [2.75, 3.05) is 6.54 Å². The van der Waals surface area contributed by atoms with Gasteiger partial charge < -0.3 is 14.3 Å². The van der Waals surface area contributed by atoms with Crippen molar-refractivity contribution in [1.29, 1.82) is 0 Å². The highest BCUT2D eigenvalue weighted by atomic mass is 19.1. The Hall–Kier alpha value is -3.56. The lowest BCUT2D eigenvalue weighted by Crippen LogP contribution is -2.41. The molecule has 1 aliphatic rings. The number of nitrogens with zero attached hydrogens (tertiary/aromatic N) is 6. The van der Waals surface area contributed by atoms with Crippen molar-refractivity contribution in [3.63, 3.8) is 0 Å². The van der Waals surface area contributed by atoms with Crippen molar-refractivity contribution >= 4 is 11.4 Å². The molecule has 9 nitrogen and oxygen atoms in total. The summed E-state index contributed by atoms with van der Waals surface area (Å²) in [5.41, 5.74) is 2.32. The van der Waals surface area contributed by atoms with E-state index in [-0.39, 0.29) is 11.3 Å². The summed E-state index contributed by atoms with van der Waals surface area (Å²) in [6.07, 6.45) is 2.19. The molecule has 0 radical (unpaired) electrons. The second-order valence-electron chi connectivity index (χ2n) is 8.33. The number of halogens is 1. The second-order valence-corrected chi connectivity index (χ2v) is 8.33. The summed E-state index contributed by atoms with van der Waals surface area (Å²) < 4.78 is 21.1. The SMILES string of the molecule is CC(C)(C)c1nnc(C(=O)N2CCc3[nH]cnc3[C@H]2c2cc3cccc(F)n3n2)o1. The van der Waals surface area contributed by atoms with Crippen LogP contribution < -0.4 is 0 Å². The van der Waals surface area contributed by atoms with E-state index in [0.717, 1.165) is 5.69 Å². The average molecular weight is 409 g/mol. The summed E-state index contributed by atoms with van der Waals surface area (Å²) in [6, 6.07) is 5.86. The Kier molecular flexibility index (Phi) is 3.99. The van der Waals surface area contributed by atoms with Gasteiger partial charge in [-0.25, -0.2) is 9.50 Å². The van der Waals surface area contributed by atoms with Gasteiger partial charge in [-0.2, -0.15) is 9.49 Å². The highest BCUT2D eigenvalue weighted by molar-refractivity contribution is 5.90. The summed E-state index contributed by atoms with van der Waals surface area (Å²) in [6.45, 7) is 6.20. The number of imidazole rings is 1. The third-order valence-electron chi connectivity index (χ3n) is 5.17. The number of rotatable bonds is 2. The van der Waals surface area contributed by atoms with Gasteiger partial charge in [-0.3, -0.25) is 4.79 Å². The van der Waals surface area contributed by atoms with Crippen LogP contribution >= 0.6 is 0 Å². The summed E-state index contributed by atoms with van der Waals surface area (Å²) >= 11 is 0. The van der Waals surface area contributed by atoms with Crippen LogP contribution in [-0.4, -0.2) is 47.1 Å². The monoisotopic (exact) mass is 409 g/mol. The Morgan fingerprint density at radius 2 is 2.13 bits per heavy atom. The molecule has 0 bridgehead atoms. The van der Waals surface area contributed by atoms with Crippen LogP contribution in [0.5, 0.6) is 0 Å². The Morgan fingerprint density at radius 1 is 1.30 bits per heavy atom. The van der Waals surface area contributed by atoms with Crippen molar-refractivity contribution in [2.45, 2.75) is 38.6 Å². The minimum absolute atomic E-state index is 0.0844. The van der Waals surface area contributed by atoms with E-state index in [4.69, 9.17) is 4.42 Å². The fourth-order valence-electron chi connectivity index (χ4n) is 3.67. The van der Waals surface area contributed by atoms with Gasteiger partial charge in [-0.1, -0.05) is 26.8 Å². The van der Waals surface area contributed by atoms with Crippen LogP contribution in [0.2, 0.25) is 0 Å². The maximum atomic E-state index is 14.2. The number of carbonyl (C=O) groups excluding carboxylic acids is 1. The molecule has 1 atom stereocenters. The summed E-state index contributed by atoms with van der Waals surface area (Å²) in [5.74, 6) is -0.593. The molecule has 4 aromatic rings. The van der Waals surface area contributed by atoms with Gasteiger partial charge >= 0.3 is 11.8 Å². The fraction of sp³-hybridized carbons (Fsp3) is 0.350. The molecule has 0 fully saturated rings. The van der Waals surface area contributed by atoms with Crippen molar-refractivity contribution in [3.05, 3.63) is 65.4 Å². The van der Waals surface area contributed by atoms with Gasteiger partial charge in [-0.15, -0.1) is 10.2 Å². The molecule has 1 aliphatic heterocycles. The molecule has 1 amide bonds. The predicted octanol–water partition coefficient (Wildman–Crippen LogP) is 2.66. The quantitative estimate of drug-likeness (QED) is 0.510. The van der Waals surface area contributed by atoms with Crippen molar-refractivity contribution in [1.82, 2.24) is 34.7 Å². The van der Waals surface area contributed by atoms with Gasteiger partial charge in [0.25, 0.3) is 0 Å². The molecular formula is C20H20FN7O2. The van der Waals surface area contributed by atoms with Crippen LogP contribution in [0.25, 0.3) is 5.52 Å². The van der Waals surface area contributed by atoms with E-state index in [0.29, 0.717) is 35.8 Å². The molecule has 0 aromatic carbocycles. The van der Waals surface area contributed by atoms with Crippen molar-refractivity contribution < 1.29 is 13.6 Å². The first-order valence-electron chi connectivity index (χ1n) is 9.64. The average Bonchev–Trinajstić information content (AvgIpc) is 3.44. The van der Waals surface area contributed by atoms with Gasteiger partial charge in [-0.05, 0) is 18.2 Å². The van der Waals surface area contributed by atoms with E-state index in [9.17, 15) is 9.18 Å². The Morgan fingerprint density at radius 3 is 2.87 bits per heavy atom. The lowest BCUT2D eigenvalue weighted by atomic mass is 9.97. The van der Waals surface area contributed by atoms with Crippen LogP contribution in [0, 0.1) is 5.95 Å². The molecule has 5 heterocycles. The van der Waals surface area contributed by atoms with Crippen LogP contribution in [0.15, 0.2) is 35.0 Å². The number of pyridine rings is 1. The third kappa shape index (κ3) is 2.87. The zero-order valence-electron chi connectivity index (χ0n) is 16.8. The zero-order valence-corrected chi connectivity index (χ0v) is 16.8. The van der Waals surface area contributed by atoms with E-state index in [1.165, 1.54) is 10.6 Å². The fourth-order valence-corrected chi connectivity index (χ4v) is 3.67. The van der Waals surface area contributed by atoms with E-state index in [1.54, 1.807) is 29.4 Å². The summed E-state index contributed by atoms with van der Waals surface area (Å²) in [7, 11) is 0. The first kappa shape index (κ1) is 18.5. The number of aromatic nitrogens is 6. The van der Waals surface area contributed by atoms with Crippen LogP contribution in [-0.2, 0) is 11.8 Å². The Balaban J connectivity index is 1.59. The summed E-state index contributed by atoms with van der Waals surface area (Å²) in [4.78, 5) is 22.5. The molecular weight excluding hydrogens is 389 g/mol. The number of hydrogen-bond acceptors (Lipinski definition) is 6. The first-order valence-corrected chi connectivity index (χ1v) is 9.64. The standard InChI is InChI=1S/C20H20FN7O2/c1-20(2,3)19-25-24-17(30-19)18(29)27-8-7-12-15(23-10-22-12)16(27)13-9-11-5-4-6-14(21)28(11)26-13/h4-6,9-10,16H,7-8H2,1-3H3,(H,22,23)/t16-/m1/s1. The van der Waals surface area contributed by atoms with Gasteiger partial charge in [0.2, 0.25) is 11.8 Å². The molecule has 30 heavy (non-hydrogen) atoms. The number of fused-ring (bicyclic) bond motifs is 2. The minimum atomic E-state index is -0.600. The molecule has 0 saturated heterocycles. The number of carbonyl (C=O) groups is 1. The molecule has 1 N–H and O–H groups in total. The summed E-state index contributed by atoms with van der Waals surface area (Å²) in [5, 5.41) is 12.4. The minimum Gasteiger partial charge on any atom is -0.416 e. The number of nitrogens with one attached hydrogen (secondary N) is 1. The highest BCUT2D eigenvalue weighted by Crippen LogP contribution is 2.34. The molecule has 10 heteroatoms. The van der Waals surface area contributed by atoms with Crippen LogP contribution in [0.4, 0.5) is 4.39 Å². The van der Waals surface area contributed by atoms with Gasteiger partial charge in [0, 0.05) is 24.1 Å². The van der Waals surface area contributed by atoms with Crippen molar-refractivity contribution in [3.8, 4) is 0 Å². The molecule has 0 spiro atoms. The lowest BCUT2D eigenvalue weighted by Gasteiger charge is -2.32. The molecule has 0 aliphatic carbocycles. The Bertz CT molecular complexity index is 1250. The second kappa shape index (κ2) is 6.48. The van der Waals surface area contributed by atoms with E-state index in [1.807, 2.05) is 20.8 Å². The maximum Gasteiger partial charge on any atom is 0.312 e. The smallest absolute Gasteiger partial charge is 0.312 e. The molecule has 5 rings (SSSR count). The zero-order chi connectivity index (χ0) is 21.0. The Labute approximate surface area is 170 Å². The first-order chi connectivity index (χ1) is 14.3. The highest BCUT2D eigenvalue weighted by Gasteiger charge is 2.38. The molecule has 0 saturated carbocycles.